The van der Waals surface area contributed by atoms with Crippen LogP contribution in [-0.2, 0) is 16.5 Å². The van der Waals surface area contributed by atoms with E-state index in [9.17, 15) is 0 Å². The van der Waals surface area contributed by atoms with Gasteiger partial charge in [0.2, 0.25) is 0 Å². The van der Waals surface area contributed by atoms with E-state index in [1.54, 1.807) is 0 Å². The van der Waals surface area contributed by atoms with Crippen LogP contribution in [-0.4, -0.2) is 17.3 Å². The number of nitrogens with two attached hydrogens (primary N) is 1. The Hall–Kier alpha value is 1.15. The first-order valence-electron chi connectivity index (χ1n) is 3.46. The number of halogens is 2. The Labute approximate surface area is 90.0 Å². The van der Waals surface area contributed by atoms with Crippen molar-refractivity contribution in [1.29, 1.82) is 0 Å². The van der Waals surface area contributed by atoms with Crippen molar-refractivity contribution in [3.63, 3.8) is 0 Å². The molecule has 6 N–H and O–H groups in total. The molecule has 1 rings (SSSR count). The van der Waals surface area contributed by atoms with Crippen molar-refractivity contribution in [2.24, 2.45) is 5.73 Å². The number of rotatable bonds is 0. The average molecular weight is 398 g/mol. The average Bonchev–Trinajstić information content (AvgIpc) is 1.97. The molecule has 0 aromatic carbocycles. The fourth-order valence-electron chi connectivity index (χ4n) is 1.10. The maximum absolute atomic E-state index is 8.97. The van der Waals surface area contributed by atoms with Gasteiger partial charge in [0.05, 0.1) is 6.10 Å². The van der Waals surface area contributed by atoms with Crippen molar-refractivity contribution in [1.82, 2.24) is 6.15 Å². The van der Waals surface area contributed by atoms with Crippen LogP contribution >= 0.6 is 18.8 Å². The summed E-state index contributed by atoms with van der Waals surface area (Å²) in [6.45, 7) is 0. The molecule has 0 bridgehead atoms. The molecule has 1 aliphatic rings. The molecule has 0 aliphatic heterocycles. The molecular formula is C6H16Cl2N2OPt. The van der Waals surface area contributed by atoms with E-state index in [0.29, 0.717) is 6.04 Å². The topological polar surface area (TPSA) is 81.2 Å². The second kappa shape index (κ2) is 10.2. The molecule has 1 saturated carbocycles. The van der Waals surface area contributed by atoms with Gasteiger partial charge in [-0.3, -0.25) is 0 Å². The SMILES string of the molecule is N.N[C@H]1CC[C@@H](O)CC1.[Cl][Pt][Cl]. The molecule has 80 valence electrons. The van der Waals surface area contributed by atoms with Gasteiger partial charge >= 0.3 is 35.3 Å². The summed E-state index contributed by atoms with van der Waals surface area (Å²) in [7, 11) is 9.75. The third-order valence-electron chi connectivity index (χ3n) is 1.74. The van der Waals surface area contributed by atoms with Gasteiger partial charge < -0.3 is 17.0 Å². The van der Waals surface area contributed by atoms with Crippen LogP contribution in [0.2, 0.25) is 0 Å². The molecule has 0 atom stereocenters. The third kappa shape index (κ3) is 9.24. The van der Waals surface area contributed by atoms with E-state index < -0.39 is 16.5 Å². The van der Waals surface area contributed by atoms with Crippen LogP contribution in [0.4, 0.5) is 0 Å². The minimum absolute atomic E-state index is 0. The summed E-state index contributed by atoms with van der Waals surface area (Å²) in [6, 6.07) is 0.360. The van der Waals surface area contributed by atoms with Crippen molar-refractivity contribution in [3.05, 3.63) is 0 Å². The Morgan fingerprint density at radius 2 is 1.50 bits per heavy atom. The van der Waals surface area contributed by atoms with Crippen molar-refractivity contribution >= 4 is 18.8 Å². The molecule has 0 radical (unpaired) electrons. The van der Waals surface area contributed by atoms with Crippen LogP contribution in [0, 0.1) is 0 Å². The van der Waals surface area contributed by atoms with Gasteiger partial charge in [-0.2, -0.15) is 0 Å². The summed E-state index contributed by atoms with van der Waals surface area (Å²) in [6.07, 6.45) is 3.75. The van der Waals surface area contributed by atoms with Crippen LogP contribution in [0.1, 0.15) is 25.7 Å². The third-order valence-corrected chi connectivity index (χ3v) is 1.74. The molecule has 0 unspecified atom stereocenters. The second-order valence-electron chi connectivity index (χ2n) is 2.61. The van der Waals surface area contributed by atoms with Gasteiger partial charge in [-0.15, -0.1) is 0 Å². The number of hydrogen-bond acceptors (Lipinski definition) is 3. The predicted molar refractivity (Wildman–Crippen MR) is 49.2 cm³/mol. The van der Waals surface area contributed by atoms with Gasteiger partial charge in [0.1, 0.15) is 0 Å². The number of aliphatic hydroxyl groups excluding tert-OH is 1. The molecule has 1 aliphatic carbocycles. The molecule has 0 spiro atoms. The zero-order valence-corrected chi connectivity index (χ0v) is 10.6. The number of hydrogen-bond donors (Lipinski definition) is 3. The van der Waals surface area contributed by atoms with Gasteiger partial charge in [-0.05, 0) is 25.7 Å². The van der Waals surface area contributed by atoms with Crippen LogP contribution < -0.4 is 11.9 Å². The van der Waals surface area contributed by atoms with Crippen molar-refractivity contribution < 1.29 is 21.6 Å². The molecule has 0 aromatic rings. The van der Waals surface area contributed by atoms with Gasteiger partial charge in [-0.25, -0.2) is 0 Å². The van der Waals surface area contributed by atoms with E-state index >= 15 is 0 Å². The Morgan fingerprint density at radius 3 is 1.75 bits per heavy atom. The first-order valence-corrected chi connectivity index (χ1v) is 9.09. The molecular weight excluding hydrogens is 382 g/mol. The quantitative estimate of drug-likeness (QED) is 0.582. The summed E-state index contributed by atoms with van der Waals surface area (Å²) >= 11 is -0.472. The molecule has 0 amide bonds. The fraction of sp³-hybridized carbons (Fsp3) is 1.00. The van der Waals surface area contributed by atoms with E-state index in [-0.39, 0.29) is 12.3 Å². The van der Waals surface area contributed by atoms with Gasteiger partial charge in [0.25, 0.3) is 0 Å². The van der Waals surface area contributed by atoms with E-state index in [1.807, 2.05) is 0 Å². The summed E-state index contributed by atoms with van der Waals surface area (Å²) in [5.41, 5.74) is 5.59. The minimum atomic E-state index is -0.472. The zero-order chi connectivity index (χ0) is 8.69. The predicted octanol–water partition coefficient (Wildman–Crippen LogP) is 1.79. The molecule has 3 nitrogen and oxygen atoms in total. The van der Waals surface area contributed by atoms with Crippen LogP contribution in [0.25, 0.3) is 0 Å². The van der Waals surface area contributed by atoms with Gasteiger partial charge in [-0.1, -0.05) is 0 Å². The summed E-state index contributed by atoms with van der Waals surface area (Å²) in [4.78, 5) is 0. The fourth-order valence-corrected chi connectivity index (χ4v) is 1.10. The Morgan fingerprint density at radius 1 is 1.17 bits per heavy atom. The van der Waals surface area contributed by atoms with Gasteiger partial charge in [0.15, 0.2) is 0 Å². The Kier molecular flexibility index (Phi) is 13.3. The molecule has 12 heavy (non-hydrogen) atoms. The summed E-state index contributed by atoms with van der Waals surface area (Å²) in [5.74, 6) is 0. The zero-order valence-electron chi connectivity index (χ0n) is 6.79. The first kappa shape index (κ1) is 15.6. The summed E-state index contributed by atoms with van der Waals surface area (Å²) < 4.78 is 0. The number of aliphatic hydroxyl groups is 1. The van der Waals surface area contributed by atoms with Gasteiger partial charge in [0, 0.05) is 6.04 Å². The molecule has 6 heteroatoms. The first-order chi connectivity index (χ1) is 5.20. The molecule has 0 saturated heterocycles. The van der Waals surface area contributed by atoms with Crippen LogP contribution in [0.5, 0.6) is 0 Å². The van der Waals surface area contributed by atoms with Crippen molar-refractivity contribution in [2.45, 2.75) is 37.8 Å². The Bertz CT molecular complexity index is 81.6. The second-order valence-corrected chi connectivity index (χ2v) is 5.90. The monoisotopic (exact) mass is 397 g/mol. The van der Waals surface area contributed by atoms with Crippen molar-refractivity contribution in [3.8, 4) is 0 Å². The van der Waals surface area contributed by atoms with Crippen LogP contribution in [0.15, 0.2) is 0 Å². The van der Waals surface area contributed by atoms with Crippen LogP contribution in [0.3, 0.4) is 0 Å². The van der Waals surface area contributed by atoms with E-state index in [4.69, 9.17) is 29.7 Å². The van der Waals surface area contributed by atoms with Crippen molar-refractivity contribution in [2.75, 3.05) is 0 Å². The normalized spacial score (nSPS) is 28.3. The van der Waals surface area contributed by atoms with E-state index in [1.165, 1.54) is 0 Å². The summed E-state index contributed by atoms with van der Waals surface area (Å²) in [5, 5.41) is 8.97. The van der Waals surface area contributed by atoms with E-state index in [2.05, 4.69) is 0 Å². The maximum atomic E-state index is 8.97. The molecule has 0 heterocycles. The molecule has 0 aromatic heterocycles. The Balaban J connectivity index is 0. The van der Waals surface area contributed by atoms with E-state index in [0.717, 1.165) is 25.7 Å². The standard InChI is InChI=1S/C6H13NO.2ClH.H3N.Pt/c7-5-1-3-6(8)4-2-5;;;;/h5-6,8H,1-4,7H2;2*1H;1H3;/q;;;;+2/p-2/t5-,6+;;;;. The molecule has 1 fully saturated rings.